The van der Waals surface area contributed by atoms with Gasteiger partial charge in [0.15, 0.2) is 6.10 Å². The summed E-state index contributed by atoms with van der Waals surface area (Å²) >= 11 is 0. The Morgan fingerprint density at radius 3 is 2.76 bits per heavy atom. The zero-order valence-corrected chi connectivity index (χ0v) is 11.1. The van der Waals surface area contributed by atoms with Crippen LogP contribution in [-0.4, -0.2) is 30.9 Å². The summed E-state index contributed by atoms with van der Waals surface area (Å²) in [7, 11) is 0. The van der Waals surface area contributed by atoms with E-state index in [0.717, 1.165) is 12.1 Å². The summed E-state index contributed by atoms with van der Waals surface area (Å²) in [5, 5.41) is 0. The van der Waals surface area contributed by atoms with E-state index in [-0.39, 0.29) is 23.6 Å². The Hall–Kier alpha value is -2.09. The third-order valence-electron chi connectivity index (χ3n) is 3.19. The Morgan fingerprint density at radius 1 is 1.62 bits per heavy atom. The largest absolute Gasteiger partial charge is 0.385 e. The number of ether oxygens (including phenoxy) is 1. The molecule has 1 unspecified atom stereocenters. The molecule has 1 amide bonds. The van der Waals surface area contributed by atoms with E-state index in [1.54, 1.807) is 0 Å². The number of carbonyl (C=O) groups excluding carboxylic acids is 1. The highest BCUT2D eigenvalue weighted by atomic mass is 19.3. The fourth-order valence-corrected chi connectivity index (χ4v) is 2.02. The van der Waals surface area contributed by atoms with E-state index in [2.05, 4.69) is 11.1 Å². The van der Waals surface area contributed by atoms with Crippen molar-refractivity contribution in [1.82, 2.24) is 0 Å². The minimum Gasteiger partial charge on any atom is -0.385 e. The number of aliphatic imine (C=N–C) groups is 1. The molecule has 1 aromatic rings. The maximum absolute atomic E-state index is 13.8. The van der Waals surface area contributed by atoms with Crippen LogP contribution < -0.4 is 11.5 Å². The third-order valence-corrected chi connectivity index (χ3v) is 3.19. The number of benzene rings is 1. The van der Waals surface area contributed by atoms with E-state index >= 15 is 0 Å². The maximum atomic E-state index is 13.8. The first kappa shape index (κ1) is 15.3. The van der Waals surface area contributed by atoms with Crippen molar-refractivity contribution in [3.8, 4) is 0 Å². The first-order chi connectivity index (χ1) is 9.74. The van der Waals surface area contributed by atoms with Crippen molar-refractivity contribution < 1.29 is 22.7 Å². The Balaban J connectivity index is 2.38. The monoisotopic (exact) mass is 300 g/mol. The van der Waals surface area contributed by atoms with Crippen LogP contribution in [0.2, 0.25) is 0 Å². The molecule has 5 nitrogen and oxygen atoms in total. The van der Waals surface area contributed by atoms with Crippen LogP contribution >= 0.6 is 0 Å². The van der Waals surface area contributed by atoms with Crippen molar-refractivity contribution in [2.24, 2.45) is 16.5 Å². The van der Waals surface area contributed by atoms with Crippen molar-refractivity contribution in [2.75, 3.05) is 6.61 Å². The average molecular weight is 300 g/mol. The minimum absolute atomic E-state index is 0.214. The van der Waals surface area contributed by atoms with Crippen LogP contribution in [0.5, 0.6) is 0 Å². The van der Waals surface area contributed by atoms with E-state index in [9.17, 15) is 18.0 Å². The summed E-state index contributed by atoms with van der Waals surface area (Å²) in [5.41, 5.74) is 9.21. The first-order valence-electron chi connectivity index (χ1n) is 6.01. The lowest BCUT2D eigenvalue weighted by molar-refractivity contribution is -0.0431. The van der Waals surface area contributed by atoms with Crippen LogP contribution in [0.15, 0.2) is 17.1 Å². The highest BCUT2D eigenvalue weighted by molar-refractivity contribution is 5.93. The summed E-state index contributed by atoms with van der Waals surface area (Å²) < 4.78 is 44.0. The Kier molecular flexibility index (Phi) is 3.91. The van der Waals surface area contributed by atoms with Gasteiger partial charge in [-0.05, 0) is 30.7 Å². The molecule has 0 fully saturated rings. The van der Waals surface area contributed by atoms with Crippen LogP contribution in [-0.2, 0) is 10.3 Å². The minimum atomic E-state index is -2.80. The third kappa shape index (κ3) is 2.85. The van der Waals surface area contributed by atoms with Crippen molar-refractivity contribution in [2.45, 2.75) is 25.0 Å². The van der Waals surface area contributed by atoms with Crippen LogP contribution in [0, 0.1) is 11.9 Å². The van der Waals surface area contributed by atoms with Gasteiger partial charge < -0.3 is 16.2 Å². The molecule has 8 heteroatoms. The first-order valence-corrected chi connectivity index (χ1v) is 6.01. The van der Waals surface area contributed by atoms with E-state index in [0.29, 0.717) is 0 Å². The number of alkyl halides is 2. The maximum Gasteiger partial charge on any atom is 0.271 e. The molecule has 113 valence electrons. The molecule has 1 aromatic carbocycles. The fourth-order valence-electron chi connectivity index (χ4n) is 2.02. The number of carbonyl (C=O) groups is 1. The smallest absolute Gasteiger partial charge is 0.271 e. The standard InChI is InChI=1S/C13H13F3N3O2/c1-13(5-21-9(10(15)16)11(17)19-13)6-2-3-7(12(18)20)8(14)4-6/h3-4,9-10H,5H2,1H3,(H2,17,19)(H2,18,20)/t9-,13?/m0/s1. The molecule has 0 aliphatic carbocycles. The molecule has 21 heavy (non-hydrogen) atoms. The zero-order chi connectivity index (χ0) is 15.8. The van der Waals surface area contributed by atoms with Crippen LogP contribution in [0.4, 0.5) is 13.2 Å². The molecule has 0 saturated carbocycles. The highest BCUT2D eigenvalue weighted by Gasteiger charge is 2.38. The second kappa shape index (κ2) is 5.36. The zero-order valence-electron chi connectivity index (χ0n) is 11.1. The predicted molar refractivity (Wildman–Crippen MR) is 68.5 cm³/mol. The SMILES string of the molecule is CC1(c2[c]cc(C(N)=O)c(F)c2)CO[C@@H](C(F)F)C(N)=N1. The lowest BCUT2D eigenvalue weighted by Gasteiger charge is -2.33. The number of hydrogen-bond acceptors (Lipinski definition) is 4. The Labute approximate surface area is 118 Å². The summed E-state index contributed by atoms with van der Waals surface area (Å²) in [4.78, 5) is 14.9. The fraction of sp³-hybridized carbons (Fsp3) is 0.385. The molecule has 0 spiro atoms. The molecule has 1 aliphatic rings. The lowest BCUT2D eigenvalue weighted by atomic mass is 9.91. The van der Waals surface area contributed by atoms with E-state index in [1.165, 1.54) is 6.92 Å². The topological polar surface area (TPSA) is 90.7 Å². The van der Waals surface area contributed by atoms with Gasteiger partial charge in [-0.25, -0.2) is 13.2 Å². The van der Waals surface area contributed by atoms with Crippen molar-refractivity contribution >= 4 is 11.7 Å². The molecular weight excluding hydrogens is 287 g/mol. The molecular formula is C13H13F3N3O2. The molecule has 2 atom stereocenters. The van der Waals surface area contributed by atoms with Gasteiger partial charge >= 0.3 is 0 Å². The molecule has 1 heterocycles. The number of nitrogens with zero attached hydrogens (tertiary/aromatic N) is 1. The highest BCUT2D eigenvalue weighted by Crippen LogP contribution is 2.31. The van der Waals surface area contributed by atoms with E-state index in [1.807, 2.05) is 0 Å². The lowest BCUT2D eigenvalue weighted by Crippen LogP contribution is -2.47. The van der Waals surface area contributed by atoms with Gasteiger partial charge in [0.1, 0.15) is 17.2 Å². The summed E-state index contributed by atoms with van der Waals surface area (Å²) in [6.45, 7) is 1.32. The van der Waals surface area contributed by atoms with Crippen molar-refractivity contribution in [3.05, 3.63) is 35.1 Å². The van der Waals surface area contributed by atoms with Crippen molar-refractivity contribution in [3.63, 3.8) is 0 Å². The van der Waals surface area contributed by atoms with Gasteiger partial charge in [-0.3, -0.25) is 9.79 Å². The number of hydrogen-bond donors (Lipinski definition) is 2. The Bertz CT molecular complexity index is 606. The second-order valence-corrected chi connectivity index (χ2v) is 4.85. The number of amidine groups is 1. The molecule has 1 radical (unpaired) electrons. The van der Waals surface area contributed by atoms with Gasteiger partial charge in [-0.15, -0.1) is 0 Å². The van der Waals surface area contributed by atoms with Crippen molar-refractivity contribution in [1.29, 1.82) is 0 Å². The van der Waals surface area contributed by atoms with Crippen LogP contribution in [0.1, 0.15) is 22.8 Å². The van der Waals surface area contributed by atoms with Crippen LogP contribution in [0.25, 0.3) is 0 Å². The Morgan fingerprint density at radius 2 is 2.29 bits per heavy atom. The van der Waals surface area contributed by atoms with Gasteiger partial charge in [0.25, 0.3) is 12.3 Å². The normalized spacial score (nSPS) is 25.8. The molecule has 0 bridgehead atoms. The molecule has 4 N–H and O–H groups in total. The summed E-state index contributed by atoms with van der Waals surface area (Å²) in [5.74, 6) is -2.14. The van der Waals surface area contributed by atoms with Gasteiger partial charge in [-0.2, -0.15) is 0 Å². The number of nitrogens with two attached hydrogens (primary N) is 2. The van der Waals surface area contributed by atoms with Crippen LogP contribution in [0.3, 0.4) is 0 Å². The quantitative estimate of drug-likeness (QED) is 0.871. The number of halogens is 3. The van der Waals surface area contributed by atoms with Gasteiger partial charge in [0.2, 0.25) is 0 Å². The number of primary amides is 1. The number of amides is 1. The summed E-state index contributed by atoms with van der Waals surface area (Å²) in [6, 6.07) is 4.77. The van der Waals surface area contributed by atoms with E-state index in [4.69, 9.17) is 16.2 Å². The van der Waals surface area contributed by atoms with Gasteiger partial charge in [-0.1, -0.05) is 0 Å². The average Bonchev–Trinajstić information content (AvgIpc) is 2.37. The molecule has 2 rings (SSSR count). The van der Waals surface area contributed by atoms with Gasteiger partial charge in [0, 0.05) is 0 Å². The molecule has 1 aliphatic heterocycles. The van der Waals surface area contributed by atoms with Gasteiger partial charge in [0.05, 0.1) is 12.2 Å². The second-order valence-electron chi connectivity index (χ2n) is 4.85. The molecule has 0 saturated heterocycles. The summed E-state index contributed by atoms with van der Waals surface area (Å²) in [6.07, 6.45) is -4.37. The number of rotatable bonds is 3. The molecule has 0 aromatic heterocycles. The van der Waals surface area contributed by atoms with E-state index < -0.39 is 29.8 Å². The predicted octanol–water partition coefficient (Wildman–Crippen LogP) is 0.961.